The molecule has 0 amide bonds. The van der Waals surface area contributed by atoms with Gasteiger partial charge in [0.25, 0.3) is 0 Å². The number of rotatable bonds is 8. The van der Waals surface area contributed by atoms with Crippen LogP contribution in [0.5, 0.6) is 0 Å². The molecule has 0 bridgehead atoms. The Hall–Kier alpha value is -2.73. The van der Waals surface area contributed by atoms with Crippen molar-refractivity contribution < 1.29 is 9.15 Å². The summed E-state index contributed by atoms with van der Waals surface area (Å²) < 4.78 is 11.1. The zero-order valence-corrected chi connectivity index (χ0v) is 17.0. The van der Waals surface area contributed by atoms with E-state index in [1.54, 1.807) is 6.26 Å². The van der Waals surface area contributed by atoms with Gasteiger partial charge < -0.3 is 24.8 Å². The normalized spacial score (nSPS) is 17.1. The van der Waals surface area contributed by atoms with Gasteiger partial charge in [0.15, 0.2) is 5.96 Å². The van der Waals surface area contributed by atoms with E-state index < -0.39 is 0 Å². The lowest BCUT2D eigenvalue weighted by Gasteiger charge is -2.13. The average molecular weight is 395 g/mol. The van der Waals surface area contributed by atoms with Crippen LogP contribution in [-0.2, 0) is 17.6 Å². The predicted octanol–water partition coefficient (Wildman–Crippen LogP) is 3.57. The number of aliphatic imine (C=N–C) groups is 1. The first-order chi connectivity index (χ1) is 14.3. The molecule has 1 fully saturated rings. The minimum absolute atomic E-state index is 0.246. The number of guanidine groups is 1. The third-order valence-corrected chi connectivity index (χ3v) is 5.42. The zero-order valence-electron chi connectivity index (χ0n) is 17.0. The molecule has 0 saturated carbocycles. The van der Waals surface area contributed by atoms with Gasteiger partial charge in [-0.05, 0) is 49.4 Å². The molecule has 3 aromatic rings. The summed E-state index contributed by atoms with van der Waals surface area (Å²) in [7, 11) is 0. The van der Waals surface area contributed by atoms with E-state index in [1.807, 2.05) is 12.1 Å². The summed E-state index contributed by atoms with van der Waals surface area (Å²) >= 11 is 0. The number of aromatic amines is 1. The number of aryl methyl sites for hydroxylation is 1. The van der Waals surface area contributed by atoms with Crippen molar-refractivity contribution in [2.75, 3.05) is 26.2 Å². The molecule has 1 aromatic carbocycles. The molecule has 0 radical (unpaired) electrons. The number of H-pyrrole nitrogens is 1. The Morgan fingerprint density at radius 1 is 1.17 bits per heavy atom. The molecule has 1 saturated heterocycles. The topological polar surface area (TPSA) is 74.6 Å². The SMILES string of the molecule is Cc1cccc2c(CCNC(=NCC3CCCO3)NCCc3ccco3)c[nH]c12. The highest BCUT2D eigenvalue weighted by atomic mass is 16.5. The van der Waals surface area contributed by atoms with Crippen LogP contribution >= 0.6 is 0 Å². The fourth-order valence-electron chi connectivity index (χ4n) is 3.80. The third-order valence-electron chi connectivity index (χ3n) is 5.42. The standard InChI is InChI=1S/C23H30N4O2/c1-17-5-2-8-21-18(15-26-22(17)21)9-11-24-23(27-16-20-7-4-14-29-20)25-12-10-19-6-3-13-28-19/h2-3,5-6,8,13,15,20,26H,4,7,9-12,14,16H2,1H3,(H2,24,25,27). The second-order valence-corrected chi connectivity index (χ2v) is 7.57. The molecule has 3 N–H and O–H groups in total. The molecule has 0 spiro atoms. The number of aromatic nitrogens is 1. The number of furan rings is 1. The lowest BCUT2D eigenvalue weighted by Crippen LogP contribution is -2.40. The van der Waals surface area contributed by atoms with Crippen LogP contribution in [0.3, 0.4) is 0 Å². The minimum atomic E-state index is 0.246. The van der Waals surface area contributed by atoms with Crippen LogP contribution in [0.15, 0.2) is 52.2 Å². The van der Waals surface area contributed by atoms with E-state index in [-0.39, 0.29) is 6.10 Å². The molecular formula is C23H30N4O2. The van der Waals surface area contributed by atoms with Gasteiger partial charge in [0.1, 0.15) is 5.76 Å². The summed E-state index contributed by atoms with van der Waals surface area (Å²) in [5, 5.41) is 8.21. The summed E-state index contributed by atoms with van der Waals surface area (Å²) in [6, 6.07) is 10.4. The molecular weight excluding hydrogens is 364 g/mol. The third kappa shape index (κ3) is 5.21. The molecule has 1 aliphatic heterocycles. The largest absolute Gasteiger partial charge is 0.469 e. The number of nitrogens with one attached hydrogen (secondary N) is 3. The van der Waals surface area contributed by atoms with Gasteiger partial charge in [0.05, 0.1) is 18.9 Å². The van der Waals surface area contributed by atoms with Crippen LogP contribution < -0.4 is 10.6 Å². The van der Waals surface area contributed by atoms with Crippen molar-refractivity contribution in [2.24, 2.45) is 4.99 Å². The summed E-state index contributed by atoms with van der Waals surface area (Å²) in [4.78, 5) is 8.16. The van der Waals surface area contributed by atoms with Gasteiger partial charge in [-0.3, -0.25) is 4.99 Å². The Morgan fingerprint density at radius 3 is 2.86 bits per heavy atom. The van der Waals surface area contributed by atoms with Crippen molar-refractivity contribution in [3.63, 3.8) is 0 Å². The fraction of sp³-hybridized carbons (Fsp3) is 0.435. The first kappa shape index (κ1) is 19.6. The molecule has 2 aromatic heterocycles. The summed E-state index contributed by atoms with van der Waals surface area (Å²) in [6.45, 7) is 5.28. The molecule has 3 heterocycles. The molecule has 1 atom stereocenters. The van der Waals surface area contributed by atoms with Crippen molar-refractivity contribution in [3.8, 4) is 0 Å². The number of fused-ring (bicyclic) bond motifs is 1. The second kappa shape index (κ2) is 9.65. The molecule has 1 aliphatic rings. The van der Waals surface area contributed by atoms with Crippen LogP contribution in [0.2, 0.25) is 0 Å². The van der Waals surface area contributed by atoms with Crippen LogP contribution in [0.1, 0.15) is 29.7 Å². The Balaban J connectivity index is 1.33. The van der Waals surface area contributed by atoms with E-state index in [2.05, 4.69) is 46.9 Å². The van der Waals surface area contributed by atoms with E-state index >= 15 is 0 Å². The van der Waals surface area contributed by atoms with E-state index in [4.69, 9.17) is 14.1 Å². The Kier molecular flexibility index (Phi) is 6.52. The van der Waals surface area contributed by atoms with Crippen molar-refractivity contribution >= 4 is 16.9 Å². The molecule has 0 aliphatic carbocycles. The summed E-state index contributed by atoms with van der Waals surface area (Å²) in [6.07, 6.45) is 8.07. The van der Waals surface area contributed by atoms with E-state index in [1.165, 1.54) is 22.0 Å². The monoisotopic (exact) mass is 394 g/mol. The lowest BCUT2D eigenvalue weighted by atomic mass is 10.1. The van der Waals surface area contributed by atoms with E-state index in [9.17, 15) is 0 Å². The molecule has 29 heavy (non-hydrogen) atoms. The van der Waals surface area contributed by atoms with Gasteiger partial charge in [-0.1, -0.05) is 18.2 Å². The highest BCUT2D eigenvalue weighted by Crippen LogP contribution is 2.21. The van der Waals surface area contributed by atoms with Crippen LogP contribution in [0.4, 0.5) is 0 Å². The maximum absolute atomic E-state index is 5.71. The van der Waals surface area contributed by atoms with Gasteiger partial charge in [-0.25, -0.2) is 0 Å². The Bertz CT molecular complexity index is 924. The van der Waals surface area contributed by atoms with Gasteiger partial charge >= 0.3 is 0 Å². The number of ether oxygens (including phenoxy) is 1. The Morgan fingerprint density at radius 2 is 2.07 bits per heavy atom. The second-order valence-electron chi connectivity index (χ2n) is 7.57. The van der Waals surface area contributed by atoms with Crippen molar-refractivity contribution in [1.82, 2.24) is 15.6 Å². The molecule has 6 nitrogen and oxygen atoms in total. The maximum atomic E-state index is 5.71. The van der Waals surface area contributed by atoms with E-state index in [0.29, 0.717) is 6.54 Å². The van der Waals surface area contributed by atoms with Crippen LogP contribution in [0.25, 0.3) is 10.9 Å². The lowest BCUT2D eigenvalue weighted by molar-refractivity contribution is 0.117. The van der Waals surface area contributed by atoms with E-state index in [0.717, 1.165) is 57.1 Å². The van der Waals surface area contributed by atoms with Gasteiger partial charge in [-0.2, -0.15) is 0 Å². The van der Waals surface area contributed by atoms with Gasteiger partial charge in [-0.15, -0.1) is 0 Å². The quantitative estimate of drug-likeness (QED) is 0.403. The summed E-state index contributed by atoms with van der Waals surface area (Å²) in [5.41, 5.74) is 3.83. The number of para-hydroxylation sites is 1. The molecule has 4 rings (SSSR count). The van der Waals surface area contributed by atoms with Gasteiger partial charge in [0, 0.05) is 43.2 Å². The molecule has 154 valence electrons. The molecule has 6 heteroatoms. The first-order valence-corrected chi connectivity index (χ1v) is 10.5. The number of hydrogen-bond acceptors (Lipinski definition) is 3. The smallest absolute Gasteiger partial charge is 0.191 e. The Labute approximate surface area is 171 Å². The summed E-state index contributed by atoms with van der Waals surface area (Å²) in [5.74, 6) is 1.81. The highest BCUT2D eigenvalue weighted by Gasteiger charge is 2.15. The van der Waals surface area contributed by atoms with Gasteiger partial charge in [0.2, 0.25) is 0 Å². The first-order valence-electron chi connectivity index (χ1n) is 10.5. The average Bonchev–Trinajstić information content (AvgIpc) is 3.48. The highest BCUT2D eigenvalue weighted by molar-refractivity contribution is 5.86. The maximum Gasteiger partial charge on any atom is 0.191 e. The van der Waals surface area contributed by atoms with Crippen LogP contribution in [0, 0.1) is 6.92 Å². The van der Waals surface area contributed by atoms with Crippen LogP contribution in [-0.4, -0.2) is 43.3 Å². The number of hydrogen-bond donors (Lipinski definition) is 3. The van der Waals surface area contributed by atoms with Crippen molar-refractivity contribution in [2.45, 2.75) is 38.7 Å². The fourth-order valence-corrected chi connectivity index (χ4v) is 3.80. The molecule has 1 unspecified atom stereocenters. The minimum Gasteiger partial charge on any atom is -0.469 e. The zero-order chi connectivity index (χ0) is 19.9. The van der Waals surface area contributed by atoms with Crippen molar-refractivity contribution in [1.29, 1.82) is 0 Å². The number of benzene rings is 1. The predicted molar refractivity (Wildman–Crippen MR) is 116 cm³/mol. The number of nitrogens with zero attached hydrogens (tertiary/aromatic N) is 1. The van der Waals surface area contributed by atoms with Crippen molar-refractivity contribution in [3.05, 3.63) is 59.7 Å².